The molecule has 4 rings (SSSR count). The lowest BCUT2D eigenvalue weighted by molar-refractivity contribution is -0.137. The molecule has 0 bridgehead atoms. The second kappa shape index (κ2) is 11.7. The van der Waals surface area contributed by atoms with Gasteiger partial charge < -0.3 is 4.74 Å². The third kappa shape index (κ3) is 6.56. The molecule has 0 unspecified atom stereocenters. The van der Waals surface area contributed by atoms with E-state index in [4.69, 9.17) is 4.74 Å². The van der Waals surface area contributed by atoms with Crippen molar-refractivity contribution in [2.45, 2.75) is 18.3 Å². The highest BCUT2D eigenvalue weighted by atomic mass is 32.2. The molecule has 1 heterocycles. The van der Waals surface area contributed by atoms with E-state index in [0.29, 0.717) is 17.6 Å². The van der Waals surface area contributed by atoms with E-state index in [1.165, 1.54) is 18.2 Å². The monoisotopic (exact) mass is 525 g/mol. The van der Waals surface area contributed by atoms with Gasteiger partial charge in [-0.1, -0.05) is 60.3 Å². The van der Waals surface area contributed by atoms with Crippen molar-refractivity contribution in [1.29, 1.82) is 0 Å². The average molecular weight is 526 g/mol. The van der Waals surface area contributed by atoms with E-state index in [-0.39, 0.29) is 11.3 Å². The van der Waals surface area contributed by atoms with Crippen molar-refractivity contribution in [3.8, 4) is 22.8 Å². The van der Waals surface area contributed by atoms with Gasteiger partial charge in [0.2, 0.25) is 0 Å². The summed E-state index contributed by atoms with van der Waals surface area (Å²) in [5.41, 5.74) is 2.90. The third-order valence-electron chi connectivity index (χ3n) is 5.06. The predicted octanol–water partition coefficient (Wildman–Crippen LogP) is 5.59. The number of hydrogen-bond donors (Lipinski definition) is 1. The number of alkyl halides is 3. The number of carbonyl (C=O) groups excluding carboxylic acids is 1. The molecule has 0 aliphatic carbocycles. The molecule has 0 aliphatic heterocycles. The molecule has 0 radical (unpaired) electrons. The first-order valence-corrected chi connectivity index (χ1v) is 12.2. The number of ether oxygens (including phenoxy) is 1. The molecule has 0 saturated carbocycles. The van der Waals surface area contributed by atoms with Gasteiger partial charge in [0.1, 0.15) is 5.75 Å². The molecule has 0 saturated heterocycles. The highest BCUT2D eigenvalue weighted by Crippen LogP contribution is 2.31. The molecular weight excluding hydrogens is 503 g/mol. The quantitative estimate of drug-likeness (QED) is 0.175. The van der Waals surface area contributed by atoms with E-state index < -0.39 is 17.6 Å². The summed E-state index contributed by atoms with van der Waals surface area (Å²) in [5.74, 6) is 0.726. The Kier molecular flexibility index (Phi) is 8.24. The van der Waals surface area contributed by atoms with Crippen LogP contribution in [0.25, 0.3) is 17.1 Å². The number of hydrazone groups is 1. The van der Waals surface area contributed by atoms with E-state index in [0.717, 1.165) is 41.0 Å². The van der Waals surface area contributed by atoms with Gasteiger partial charge in [0.15, 0.2) is 11.0 Å². The maximum atomic E-state index is 13.1. The molecule has 3 aromatic carbocycles. The number of aromatic nitrogens is 3. The van der Waals surface area contributed by atoms with E-state index in [1.54, 1.807) is 0 Å². The van der Waals surface area contributed by atoms with Gasteiger partial charge in [-0.3, -0.25) is 9.36 Å². The van der Waals surface area contributed by atoms with Crippen LogP contribution in [-0.4, -0.2) is 39.2 Å². The van der Waals surface area contributed by atoms with E-state index >= 15 is 0 Å². The lowest BCUT2D eigenvalue weighted by atomic mass is 10.1. The van der Waals surface area contributed by atoms with Gasteiger partial charge in [0, 0.05) is 16.8 Å². The number of halogens is 3. The highest BCUT2D eigenvalue weighted by Gasteiger charge is 2.32. The number of nitrogens with one attached hydrogen (secondary N) is 1. The first-order valence-electron chi connectivity index (χ1n) is 11.2. The topological polar surface area (TPSA) is 81.4 Å². The lowest BCUT2D eigenvalue weighted by Gasteiger charge is -2.11. The molecule has 0 aliphatic rings. The van der Waals surface area contributed by atoms with Crippen molar-refractivity contribution < 1.29 is 22.7 Å². The van der Waals surface area contributed by atoms with Crippen LogP contribution >= 0.6 is 11.8 Å². The van der Waals surface area contributed by atoms with Crippen molar-refractivity contribution in [2.75, 3.05) is 12.4 Å². The van der Waals surface area contributed by atoms with Crippen LogP contribution < -0.4 is 10.2 Å². The van der Waals surface area contributed by atoms with Gasteiger partial charge in [-0.15, -0.1) is 10.2 Å². The lowest BCUT2D eigenvalue weighted by Crippen LogP contribution is -2.20. The highest BCUT2D eigenvalue weighted by molar-refractivity contribution is 7.99. The summed E-state index contributed by atoms with van der Waals surface area (Å²) in [7, 11) is 0. The number of thioether (sulfide) groups is 1. The molecule has 11 heteroatoms. The summed E-state index contributed by atoms with van der Waals surface area (Å²) in [6.45, 7) is 2.45. The van der Waals surface area contributed by atoms with Gasteiger partial charge in [0.05, 0.1) is 24.1 Å². The molecule has 190 valence electrons. The second-order valence-corrected chi connectivity index (χ2v) is 8.54. The van der Waals surface area contributed by atoms with Crippen molar-refractivity contribution in [2.24, 2.45) is 5.10 Å². The number of rotatable bonds is 9. The van der Waals surface area contributed by atoms with Crippen molar-refractivity contribution >= 4 is 23.9 Å². The fraction of sp³-hybridized carbons (Fsp3) is 0.154. The van der Waals surface area contributed by atoms with Crippen molar-refractivity contribution in [3.05, 3.63) is 90.0 Å². The zero-order valence-corrected chi connectivity index (χ0v) is 20.5. The average Bonchev–Trinajstić information content (AvgIpc) is 3.32. The van der Waals surface area contributed by atoms with Gasteiger partial charge >= 0.3 is 6.18 Å². The molecular formula is C26H22F3N5O2S. The third-order valence-corrected chi connectivity index (χ3v) is 5.99. The number of nitrogens with zero attached hydrogens (tertiary/aromatic N) is 4. The maximum Gasteiger partial charge on any atom is 0.417 e. The summed E-state index contributed by atoms with van der Waals surface area (Å²) in [6.07, 6.45) is -3.55. The van der Waals surface area contributed by atoms with E-state index in [9.17, 15) is 18.0 Å². The van der Waals surface area contributed by atoms with Crippen molar-refractivity contribution in [1.82, 2.24) is 20.2 Å². The Morgan fingerprint density at radius 2 is 1.73 bits per heavy atom. The molecule has 37 heavy (non-hydrogen) atoms. The van der Waals surface area contributed by atoms with Crippen LogP contribution in [0.4, 0.5) is 13.2 Å². The molecule has 4 aromatic rings. The number of amides is 1. The minimum atomic E-state index is -4.52. The Morgan fingerprint density at radius 3 is 2.43 bits per heavy atom. The first-order chi connectivity index (χ1) is 17.9. The van der Waals surface area contributed by atoms with Crippen LogP contribution in [0.5, 0.6) is 5.75 Å². The predicted molar refractivity (Wildman–Crippen MR) is 136 cm³/mol. The van der Waals surface area contributed by atoms with Gasteiger partial charge in [-0.05, 0) is 37.3 Å². The Morgan fingerprint density at radius 1 is 1.03 bits per heavy atom. The second-order valence-electron chi connectivity index (χ2n) is 7.60. The zero-order valence-electron chi connectivity index (χ0n) is 19.6. The summed E-state index contributed by atoms with van der Waals surface area (Å²) in [5, 5.41) is 12.8. The normalized spacial score (nSPS) is 11.6. The smallest absolute Gasteiger partial charge is 0.417 e. The van der Waals surface area contributed by atoms with E-state index in [2.05, 4.69) is 20.7 Å². The van der Waals surface area contributed by atoms with Crippen molar-refractivity contribution in [3.63, 3.8) is 0 Å². The number of hydrogen-bond acceptors (Lipinski definition) is 6. The molecule has 7 nitrogen and oxygen atoms in total. The first kappa shape index (κ1) is 26.0. The van der Waals surface area contributed by atoms with Crippen LogP contribution in [0.15, 0.2) is 89.1 Å². The molecule has 1 N–H and O–H groups in total. The number of benzene rings is 3. The Hall–Kier alpha value is -4.12. The van der Waals surface area contributed by atoms with Gasteiger partial charge in [-0.25, -0.2) is 5.43 Å². The molecule has 1 amide bonds. The number of carbonyl (C=O) groups is 1. The minimum Gasteiger partial charge on any atom is -0.494 e. The van der Waals surface area contributed by atoms with Gasteiger partial charge in [0.25, 0.3) is 5.91 Å². The summed E-state index contributed by atoms with van der Waals surface area (Å²) in [4.78, 5) is 12.4. The molecule has 1 aromatic heterocycles. The largest absolute Gasteiger partial charge is 0.494 e. The van der Waals surface area contributed by atoms with Gasteiger partial charge in [-0.2, -0.15) is 18.3 Å². The van der Waals surface area contributed by atoms with Crippen LogP contribution in [0.3, 0.4) is 0 Å². The Bertz CT molecular complexity index is 1370. The summed E-state index contributed by atoms with van der Waals surface area (Å²) >= 11 is 1.13. The van der Waals surface area contributed by atoms with Crippen LogP contribution in [0.1, 0.15) is 18.1 Å². The maximum absolute atomic E-state index is 13.1. The molecule has 0 atom stereocenters. The fourth-order valence-corrected chi connectivity index (χ4v) is 4.18. The van der Waals surface area contributed by atoms with Crippen LogP contribution in [-0.2, 0) is 11.0 Å². The fourth-order valence-electron chi connectivity index (χ4n) is 3.43. The molecule has 0 spiro atoms. The summed E-state index contributed by atoms with van der Waals surface area (Å²) in [6, 6.07) is 21.9. The zero-order chi connectivity index (χ0) is 26.3. The van der Waals surface area contributed by atoms with E-state index in [1.807, 2.05) is 66.1 Å². The SMILES string of the molecule is CCOc1ccc(-n2c(SCC(=O)N/N=C/c3ccccc3C(F)(F)F)nnc2-c2ccccc2)cc1. The minimum absolute atomic E-state index is 0.0811. The Balaban J connectivity index is 1.50. The Labute approximate surface area is 215 Å². The summed E-state index contributed by atoms with van der Waals surface area (Å²) < 4.78 is 46.7. The van der Waals surface area contributed by atoms with Crippen LogP contribution in [0, 0.1) is 0 Å². The standard InChI is InChI=1S/C26H22F3N5O2S/c1-2-36-21-14-12-20(13-15-21)34-24(18-8-4-3-5-9-18)32-33-25(34)37-17-23(35)31-30-16-19-10-6-7-11-22(19)26(27,28)29/h3-16H,2,17H2,1H3,(H,31,35)/b30-16+. The molecule has 0 fully saturated rings. The van der Waals surface area contributed by atoms with Crippen LogP contribution in [0.2, 0.25) is 0 Å².